The minimum absolute atomic E-state index is 0.209. The summed E-state index contributed by atoms with van der Waals surface area (Å²) in [5.41, 5.74) is 6.51. The van der Waals surface area contributed by atoms with Crippen molar-refractivity contribution < 1.29 is 4.74 Å². The van der Waals surface area contributed by atoms with Crippen LogP contribution < -0.4 is 5.73 Å². The minimum atomic E-state index is 0.209. The van der Waals surface area contributed by atoms with E-state index in [0.29, 0.717) is 6.10 Å². The molecule has 0 aliphatic heterocycles. The first kappa shape index (κ1) is 15.0. The maximum atomic E-state index is 6.26. The Balaban J connectivity index is 2.21. The summed E-state index contributed by atoms with van der Waals surface area (Å²) in [6.45, 7) is 8.96. The number of nitrogens with two attached hydrogens (primary N) is 1. The predicted molar refractivity (Wildman–Crippen MR) is 74.1 cm³/mol. The molecule has 0 bridgehead atoms. The van der Waals surface area contributed by atoms with Gasteiger partial charge in [-0.05, 0) is 31.6 Å². The molecule has 102 valence electrons. The Bertz CT molecular complexity index is 215. The van der Waals surface area contributed by atoms with Gasteiger partial charge in [0.05, 0.1) is 12.2 Å². The lowest BCUT2D eigenvalue weighted by molar-refractivity contribution is -0.0176. The lowest BCUT2D eigenvalue weighted by Crippen LogP contribution is -2.42. The van der Waals surface area contributed by atoms with E-state index >= 15 is 0 Å². The van der Waals surface area contributed by atoms with E-state index in [2.05, 4.69) is 27.7 Å². The highest BCUT2D eigenvalue weighted by Crippen LogP contribution is 2.38. The molecule has 2 heteroatoms. The van der Waals surface area contributed by atoms with Crippen molar-refractivity contribution in [3.8, 4) is 0 Å². The van der Waals surface area contributed by atoms with Crippen LogP contribution in [0.4, 0.5) is 0 Å². The molecule has 0 amide bonds. The van der Waals surface area contributed by atoms with Gasteiger partial charge in [-0.25, -0.2) is 0 Å². The fourth-order valence-electron chi connectivity index (χ4n) is 2.74. The molecule has 1 saturated carbocycles. The average molecular weight is 241 g/mol. The lowest BCUT2D eigenvalue weighted by Gasteiger charge is -2.28. The first-order chi connectivity index (χ1) is 7.97. The van der Waals surface area contributed by atoms with Crippen molar-refractivity contribution in [3.63, 3.8) is 0 Å². The maximum absolute atomic E-state index is 6.26. The number of ether oxygens (including phenoxy) is 1. The Labute approximate surface area is 107 Å². The van der Waals surface area contributed by atoms with Crippen LogP contribution in [0.5, 0.6) is 0 Å². The molecule has 2 nitrogen and oxygen atoms in total. The van der Waals surface area contributed by atoms with Gasteiger partial charge in [0.25, 0.3) is 0 Å². The molecule has 17 heavy (non-hydrogen) atoms. The standard InChI is InChI=1S/C15H31NO/c1-5-6-7-8-9-12(2)17-13-10-11-15(3,4)14(13)16/h12-14H,5-11,16H2,1-4H3. The normalized spacial score (nSPS) is 29.5. The van der Waals surface area contributed by atoms with Gasteiger partial charge in [0.2, 0.25) is 0 Å². The molecule has 0 heterocycles. The second-order valence-electron chi connectivity index (χ2n) is 6.39. The summed E-state index contributed by atoms with van der Waals surface area (Å²) in [4.78, 5) is 0. The molecule has 0 aromatic rings. The van der Waals surface area contributed by atoms with E-state index in [-0.39, 0.29) is 17.6 Å². The topological polar surface area (TPSA) is 35.2 Å². The molecule has 0 radical (unpaired) electrons. The van der Waals surface area contributed by atoms with Gasteiger partial charge >= 0.3 is 0 Å². The molecule has 1 aliphatic rings. The van der Waals surface area contributed by atoms with Crippen LogP contribution in [-0.2, 0) is 4.74 Å². The molecule has 1 aliphatic carbocycles. The van der Waals surface area contributed by atoms with Crippen molar-refractivity contribution in [1.29, 1.82) is 0 Å². The molecule has 0 saturated heterocycles. The number of unbranched alkanes of at least 4 members (excludes halogenated alkanes) is 3. The van der Waals surface area contributed by atoms with E-state index in [0.717, 1.165) is 6.42 Å². The summed E-state index contributed by atoms with van der Waals surface area (Å²) < 4.78 is 6.11. The molecule has 2 N–H and O–H groups in total. The van der Waals surface area contributed by atoms with Crippen LogP contribution in [0.2, 0.25) is 0 Å². The molecule has 3 atom stereocenters. The lowest BCUT2D eigenvalue weighted by atomic mass is 9.87. The predicted octanol–water partition coefficient (Wildman–Crippen LogP) is 3.88. The van der Waals surface area contributed by atoms with Gasteiger partial charge in [0.15, 0.2) is 0 Å². The van der Waals surface area contributed by atoms with Crippen molar-refractivity contribution in [2.24, 2.45) is 11.1 Å². The third-order valence-corrected chi connectivity index (χ3v) is 4.25. The van der Waals surface area contributed by atoms with E-state index in [1.807, 2.05) is 0 Å². The molecule has 3 unspecified atom stereocenters. The fourth-order valence-corrected chi connectivity index (χ4v) is 2.74. The van der Waals surface area contributed by atoms with Crippen LogP contribution in [0.25, 0.3) is 0 Å². The minimum Gasteiger partial charge on any atom is -0.374 e. The molecule has 0 aromatic heterocycles. The van der Waals surface area contributed by atoms with Crippen molar-refractivity contribution >= 4 is 0 Å². The highest BCUT2D eigenvalue weighted by Gasteiger charge is 2.40. The summed E-state index contributed by atoms with van der Waals surface area (Å²) >= 11 is 0. The quantitative estimate of drug-likeness (QED) is 0.687. The third-order valence-electron chi connectivity index (χ3n) is 4.25. The molecule has 1 fully saturated rings. The smallest absolute Gasteiger partial charge is 0.0735 e. The Hall–Kier alpha value is -0.0800. The third kappa shape index (κ3) is 4.59. The van der Waals surface area contributed by atoms with Crippen LogP contribution in [0.3, 0.4) is 0 Å². The zero-order chi connectivity index (χ0) is 12.9. The second kappa shape index (κ2) is 6.75. The Kier molecular flexibility index (Phi) is 5.94. The van der Waals surface area contributed by atoms with E-state index < -0.39 is 0 Å². The largest absolute Gasteiger partial charge is 0.374 e. The monoisotopic (exact) mass is 241 g/mol. The molecular weight excluding hydrogens is 210 g/mol. The SMILES string of the molecule is CCCCCCC(C)OC1CCC(C)(C)C1N. The molecular formula is C15H31NO. The van der Waals surface area contributed by atoms with Gasteiger partial charge in [-0.1, -0.05) is 46.5 Å². The zero-order valence-electron chi connectivity index (χ0n) is 12.2. The Morgan fingerprint density at radius 1 is 1.29 bits per heavy atom. The van der Waals surface area contributed by atoms with Crippen LogP contribution in [-0.4, -0.2) is 18.2 Å². The van der Waals surface area contributed by atoms with Gasteiger partial charge in [-0.3, -0.25) is 0 Å². The Morgan fingerprint density at radius 3 is 2.53 bits per heavy atom. The Morgan fingerprint density at radius 2 is 2.00 bits per heavy atom. The van der Waals surface area contributed by atoms with E-state index in [1.54, 1.807) is 0 Å². The average Bonchev–Trinajstić information content (AvgIpc) is 2.52. The summed E-state index contributed by atoms with van der Waals surface area (Å²) in [6, 6.07) is 0.209. The van der Waals surface area contributed by atoms with E-state index in [1.165, 1.54) is 38.5 Å². The molecule has 1 rings (SSSR count). The van der Waals surface area contributed by atoms with Gasteiger partial charge in [-0.2, -0.15) is 0 Å². The van der Waals surface area contributed by atoms with Crippen molar-refractivity contribution in [2.45, 2.75) is 90.9 Å². The second-order valence-corrected chi connectivity index (χ2v) is 6.39. The molecule has 0 spiro atoms. The highest BCUT2D eigenvalue weighted by molar-refractivity contribution is 4.95. The van der Waals surface area contributed by atoms with Crippen LogP contribution in [0.15, 0.2) is 0 Å². The summed E-state index contributed by atoms with van der Waals surface area (Å²) in [5.74, 6) is 0. The van der Waals surface area contributed by atoms with Crippen molar-refractivity contribution in [3.05, 3.63) is 0 Å². The summed E-state index contributed by atoms with van der Waals surface area (Å²) in [5, 5.41) is 0. The fraction of sp³-hybridized carbons (Fsp3) is 1.00. The zero-order valence-corrected chi connectivity index (χ0v) is 12.2. The maximum Gasteiger partial charge on any atom is 0.0735 e. The number of hydrogen-bond acceptors (Lipinski definition) is 2. The summed E-state index contributed by atoms with van der Waals surface area (Å²) in [7, 11) is 0. The first-order valence-corrected chi connectivity index (χ1v) is 7.38. The van der Waals surface area contributed by atoms with E-state index in [9.17, 15) is 0 Å². The highest BCUT2D eigenvalue weighted by atomic mass is 16.5. The van der Waals surface area contributed by atoms with Crippen molar-refractivity contribution in [2.75, 3.05) is 0 Å². The van der Waals surface area contributed by atoms with Crippen LogP contribution in [0, 0.1) is 5.41 Å². The van der Waals surface area contributed by atoms with Gasteiger partial charge in [0.1, 0.15) is 0 Å². The van der Waals surface area contributed by atoms with Gasteiger partial charge < -0.3 is 10.5 Å². The van der Waals surface area contributed by atoms with Gasteiger partial charge in [0, 0.05) is 6.04 Å². The van der Waals surface area contributed by atoms with Crippen LogP contribution in [0.1, 0.15) is 72.6 Å². The number of hydrogen-bond donors (Lipinski definition) is 1. The first-order valence-electron chi connectivity index (χ1n) is 7.38. The van der Waals surface area contributed by atoms with Crippen molar-refractivity contribution in [1.82, 2.24) is 0 Å². The van der Waals surface area contributed by atoms with Gasteiger partial charge in [-0.15, -0.1) is 0 Å². The molecule has 0 aromatic carbocycles. The van der Waals surface area contributed by atoms with E-state index in [4.69, 9.17) is 10.5 Å². The number of rotatable bonds is 7. The van der Waals surface area contributed by atoms with Crippen LogP contribution >= 0.6 is 0 Å². The summed E-state index contributed by atoms with van der Waals surface area (Å²) in [6.07, 6.45) is 9.45.